The van der Waals surface area contributed by atoms with Crippen LogP contribution in [-0.2, 0) is 6.42 Å². The van der Waals surface area contributed by atoms with Crippen LogP contribution in [-0.4, -0.2) is 25.5 Å². The second-order valence-electron chi connectivity index (χ2n) is 6.20. The molecule has 0 atom stereocenters. The molecule has 0 unspecified atom stereocenters. The van der Waals surface area contributed by atoms with Gasteiger partial charge in [-0.05, 0) is 55.5 Å². The number of nitrogens with one attached hydrogen (secondary N) is 1. The molecule has 0 radical (unpaired) electrons. The molecule has 1 aliphatic rings. The van der Waals surface area contributed by atoms with Gasteiger partial charge in [0.15, 0.2) is 0 Å². The second kappa shape index (κ2) is 7.95. The molecule has 0 bridgehead atoms. The van der Waals surface area contributed by atoms with Crippen LogP contribution in [0.25, 0.3) is 0 Å². The first-order chi connectivity index (χ1) is 11.7. The van der Waals surface area contributed by atoms with Crippen molar-refractivity contribution in [3.05, 3.63) is 65.5 Å². The van der Waals surface area contributed by atoms with E-state index in [4.69, 9.17) is 0 Å². The molecule has 1 amide bonds. The van der Waals surface area contributed by atoms with Gasteiger partial charge in [-0.25, -0.2) is 4.39 Å². The highest BCUT2D eigenvalue weighted by molar-refractivity contribution is 5.94. The average Bonchev–Trinajstić information content (AvgIpc) is 2.63. The molecule has 4 heteroatoms. The van der Waals surface area contributed by atoms with Gasteiger partial charge < -0.3 is 10.2 Å². The van der Waals surface area contributed by atoms with E-state index in [0.717, 1.165) is 19.5 Å². The van der Waals surface area contributed by atoms with Crippen LogP contribution in [0.1, 0.15) is 35.2 Å². The molecule has 126 valence electrons. The molecule has 2 aromatic carbocycles. The van der Waals surface area contributed by atoms with E-state index in [2.05, 4.69) is 34.5 Å². The molecule has 0 spiro atoms. The summed E-state index contributed by atoms with van der Waals surface area (Å²) in [5, 5.41) is 2.78. The maximum Gasteiger partial charge on any atom is 0.254 e. The van der Waals surface area contributed by atoms with Crippen molar-refractivity contribution in [2.24, 2.45) is 0 Å². The van der Waals surface area contributed by atoms with Crippen LogP contribution in [0.15, 0.2) is 48.5 Å². The molecule has 24 heavy (non-hydrogen) atoms. The molecular weight excluding hydrogens is 303 g/mol. The highest BCUT2D eigenvalue weighted by Gasteiger charge is 2.11. The Kier molecular flexibility index (Phi) is 5.47. The molecule has 1 N–H and O–H groups in total. The quantitative estimate of drug-likeness (QED) is 0.907. The third-order valence-electron chi connectivity index (χ3n) is 4.48. The zero-order valence-electron chi connectivity index (χ0n) is 13.8. The first-order valence-electron chi connectivity index (χ1n) is 8.60. The number of rotatable bonds is 5. The van der Waals surface area contributed by atoms with E-state index in [-0.39, 0.29) is 11.5 Å². The summed E-state index contributed by atoms with van der Waals surface area (Å²) in [6, 6.07) is 14.6. The Morgan fingerprint density at radius 2 is 1.71 bits per heavy atom. The summed E-state index contributed by atoms with van der Waals surface area (Å²) in [4.78, 5) is 14.4. The van der Waals surface area contributed by atoms with Crippen molar-refractivity contribution in [3.63, 3.8) is 0 Å². The monoisotopic (exact) mass is 326 g/mol. The van der Waals surface area contributed by atoms with E-state index >= 15 is 0 Å². The molecule has 2 aromatic rings. The molecule has 3 nitrogen and oxygen atoms in total. The van der Waals surface area contributed by atoms with Crippen LogP contribution in [0.2, 0.25) is 0 Å². The molecule has 0 aromatic heterocycles. The van der Waals surface area contributed by atoms with Crippen molar-refractivity contribution in [2.75, 3.05) is 24.5 Å². The van der Waals surface area contributed by atoms with E-state index in [9.17, 15) is 9.18 Å². The van der Waals surface area contributed by atoms with Crippen LogP contribution < -0.4 is 10.2 Å². The van der Waals surface area contributed by atoms with Crippen LogP contribution in [0.5, 0.6) is 0 Å². The lowest BCUT2D eigenvalue weighted by Crippen LogP contribution is -2.29. The number of hydrogen-bond donors (Lipinski definition) is 1. The van der Waals surface area contributed by atoms with Gasteiger partial charge in [-0.2, -0.15) is 0 Å². The predicted octanol–water partition coefficient (Wildman–Crippen LogP) is 3.79. The molecule has 0 saturated carbocycles. The minimum Gasteiger partial charge on any atom is -0.372 e. The Morgan fingerprint density at radius 1 is 1.00 bits per heavy atom. The molecular formula is C20H23FN2O. The van der Waals surface area contributed by atoms with Crippen molar-refractivity contribution < 1.29 is 9.18 Å². The first-order valence-corrected chi connectivity index (χ1v) is 8.60. The average molecular weight is 326 g/mol. The fourth-order valence-electron chi connectivity index (χ4n) is 3.09. The Balaban J connectivity index is 1.50. The standard InChI is InChI=1S/C20H23FN2O/c21-19-7-3-2-6-18(19)20(24)22-13-12-16-8-10-17(11-9-16)23-14-4-1-5-15-23/h2-3,6-11H,1,4-5,12-15H2,(H,22,24). The summed E-state index contributed by atoms with van der Waals surface area (Å²) in [5.74, 6) is -0.848. The maximum absolute atomic E-state index is 13.5. The molecule has 1 heterocycles. The highest BCUT2D eigenvalue weighted by Crippen LogP contribution is 2.20. The summed E-state index contributed by atoms with van der Waals surface area (Å²) < 4.78 is 13.5. The molecule has 0 aliphatic carbocycles. The van der Waals surface area contributed by atoms with E-state index < -0.39 is 5.82 Å². The van der Waals surface area contributed by atoms with Gasteiger partial charge in [0.25, 0.3) is 5.91 Å². The number of hydrogen-bond acceptors (Lipinski definition) is 2. The zero-order valence-corrected chi connectivity index (χ0v) is 13.8. The fraction of sp³-hybridized carbons (Fsp3) is 0.350. The number of amides is 1. The van der Waals surface area contributed by atoms with Gasteiger partial charge in [0.05, 0.1) is 5.56 Å². The van der Waals surface area contributed by atoms with Gasteiger partial charge in [-0.15, -0.1) is 0 Å². The van der Waals surface area contributed by atoms with Gasteiger partial charge in [0.1, 0.15) is 5.82 Å². The van der Waals surface area contributed by atoms with Crippen LogP contribution in [0.3, 0.4) is 0 Å². The third kappa shape index (κ3) is 4.13. The maximum atomic E-state index is 13.5. The van der Waals surface area contributed by atoms with Crippen molar-refractivity contribution in [2.45, 2.75) is 25.7 Å². The fourth-order valence-corrected chi connectivity index (χ4v) is 3.09. The Labute approximate surface area is 142 Å². The number of benzene rings is 2. The van der Waals surface area contributed by atoms with Gasteiger partial charge in [0.2, 0.25) is 0 Å². The van der Waals surface area contributed by atoms with Gasteiger partial charge in [-0.3, -0.25) is 4.79 Å². The summed E-state index contributed by atoms with van der Waals surface area (Å²) in [6.45, 7) is 2.77. The number of anilines is 1. The highest BCUT2D eigenvalue weighted by atomic mass is 19.1. The van der Waals surface area contributed by atoms with E-state index in [1.165, 1.54) is 42.6 Å². The van der Waals surface area contributed by atoms with Crippen molar-refractivity contribution >= 4 is 11.6 Å². The molecule has 1 saturated heterocycles. The van der Waals surface area contributed by atoms with E-state index in [1.807, 2.05) is 0 Å². The normalized spacial score (nSPS) is 14.5. The number of halogens is 1. The number of carbonyl (C=O) groups is 1. The Bertz CT molecular complexity index is 678. The topological polar surface area (TPSA) is 32.3 Å². The summed E-state index contributed by atoms with van der Waals surface area (Å²) >= 11 is 0. The van der Waals surface area contributed by atoms with Gasteiger partial charge in [-0.1, -0.05) is 24.3 Å². The van der Waals surface area contributed by atoms with Crippen LogP contribution >= 0.6 is 0 Å². The Hall–Kier alpha value is -2.36. The minimum absolute atomic E-state index is 0.0953. The molecule has 1 aliphatic heterocycles. The van der Waals surface area contributed by atoms with Crippen LogP contribution in [0, 0.1) is 5.82 Å². The third-order valence-corrected chi connectivity index (χ3v) is 4.48. The number of nitrogens with zero attached hydrogens (tertiary/aromatic N) is 1. The minimum atomic E-state index is -0.485. The first kappa shape index (κ1) is 16.5. The lowest BCUT2D eigenvalue weighted by molar-refractivity contribution is 0.0950. The smallest absolute Gasteiger partial charge is 0.254 e. The van der Waals surface area contributed by atoms with E-state index in [0.29, 0.717) is 6.54 Å². The molecule has 3 rings (SSSR count). The second-order valence-corrected chi connectivity index (χ2v) is 6.20. The number of carbonyl (C=O) groups excluding carboxylic acids is 1. The number of piperidine rings is 1. The van der Waals surface area contributed by atoms with Gasteiger partial charge in [0, 0.05) is 25.3 Å². The van der Waals surface area contributed by atoms with Crippen molar-refractivity contribution in [1.29, 1.82) is 0 Å². The SMILES string of the molecule is O=C(NCCc1ccc(N2CCCCC2)cc1)c1ccccc1F. The van der Waals surface area contributed by atoms with Crippen molar-refractivity contribution in [1.82, 2.24) is 5.32 Å². The lowest BCUT2D eigenvalue weighted by atomic mass is 10.1. The molecule has 1 fully saturated rings. The van der Waals surface area contributed by atoms with E-state index in [1.54, 1.807) is 12.1 Å². The lowest BCUT2D eigenvalue weighted by Gasteiger charge is -2.28. The summed E-state index contributed by atoms with van der Waals surface area (Å²) in [5.41, 5.74) is 2.54. The Morgan fingerprint density at radius 3 is 2.42 bits per heavy atom. The summed E-state index contributed by atoms with van der Waals surface area (Å²) in [7, 11) is 0. The largest absolute Gasteiger partial charge is 0.372 e. The van der Waals surface area contributed by atoms with Gasteiger partial charge >= 0.3 is 0 Å². The predicted molar refractivity (Wildman–Crippen MR) is 94.9 cm³/mol. The van der Waals surface area contributed by atoms with Crippen LogP contribution in [0.4, 0.5) is 10.1 Å². The summed E-state index contributed by atoms with van der Waals surface area (Å²) in [6.07, 6.45) is 4.60. The van der Waals surface area contributed by atoms with Crippen molar-refractivity contribution in [3.8, 4) is 0 Å². The zero-order chi connectivity index (χ0) is 16.8.